The van der Waals surface area contributed by atoms with Crippen LogP contribution in [-0.2, 0) is 12.5 Å². The molecule has 3 heteroatoms. The highest BCUT2D eigenvalue weighted by Gasteiger charge is 2.35. The Morgan fingerprint density at radius 1 is 0.737 bits per heavy atom. The summed E-state index contributed by atoms with van der Waals surface area (Å²) in [6, 6.07) is 26.8. The summed E-state index contributed by atoms with van der Waals surface area (Å²) in [5.74, 6) is -0.274. The molecule has 0 bridgehead atoms. The zero-order chi connectivity index (χ0) is 26.3. The Kier molecular flexibility index (Phi) is 4.75. The second-order valence-corrected chi connectivity index (χ2v) is 11.2. The van der Waals surface area contributed by atoms with Crippen molar-refractivity contribution in [1.82, 2.24) is 0 Å². The van der Waals surface area contributed by atoms with E-state index in [9.17, 15) is 0 Å². The zero-order valence-corrected chi connectivity index (χ0v) is 22.3. The van der Waals surface area contributed by atoms with Crippen molar-refractivity contribution in [2.75, 3.05) is 0 Å². The van der Waals surface area contributed by atoms with Gasteiger partial charge in [0.05, 0.1) is 11.1 Å². The van der Waals surface area contributed by atoms with Crippen molar-refractivity contribution in [3.8, 4) is 33.5 Å². The van der Waals surface area contributed by atoms with Gasteiger partial charge in [0.25, 0.3) is 0 Å². The minimum Gasteiger partial charge on any atom is -0.454 e. The summed E-state index contributed by atoms with van der Waals surface area (Å²) in [6.45, 7) is 8.68. The van der Waals surface area contributed by atoms with Crippen LogP contribution in [0.25, 0.3) is 55.4 Å². The molecule has 0 aliphatic heterocycles. The Bertz CT molecular complexity index is 1940. The molecule has 0 fully saturated rings. The fourth-order valence-corrected chi connectivity index (χ4v) is 6.43. The topological polar surface area (TPSA) is 17.0 Å². The standard InChI is InChI=1S/C35H29FNO/c1-20-10-17-30(37(5)19-20)31-21(2)11-13-25-26-15-16-29(36)32(34(26)38-33(25)31)22-12-14-24-23-8-6-7-9-27(23)35(3,4)28(24)18-22/h6-19H,1-5H3/q+1. The van der Waals surface area contributed by atoms with Gasteiger partial charge in [-0.3, -0.25) is 0 Å². The van der Waals surface area contributed by atoms with Gasteiger partial charge >= 0.3 is 0 Å². The molecule has 186 valence electrons. The quantitative estimate of drug-likeness (QED) is 0.218. The van der Waals surface area contributed by atoms with E-state index in [4.69, 9.17) is 4.42 Å². The van der Waals surface area contributed by atoms with E-state index in [1.807, 2.05) is 12.1 Å². The highest BCUT2D eigenvalue weighted by Crippen LogP contribution is 2.50. The molecule has 1 aliphatic rings. The highest BCUT2D eigenvalue weighted by atomic mass is 19.1. The van der Waals surface area contributed by atoms with Crippen molar-refractivity contribution in [2.24, 2.45) is 7.05 Å². The maximum absolute atomic E-state index is 15.7. The summed E-state index contributed by atoms with van der Waals surface area (Å²) < 4.78 is 24.5. The first-order chi connectivity index (χ1) is 18.3. The molecule has 0 spiro atoms. The predicted molar refractivity (Wildman–Crippen MR) is 153 cm³/mol. The average Bonchev–Trinajstić information content (AvgIpc) is 3.37. The van der Waals surface area contributed by atoms with Gasteiger partial charge in [-0.15, -0.1) is 0 Å². The summed E-state index contributed by atoms with van der Waals surface area (Å²) in [7, 11) is 2.05. The lowest BCUT2D eigenvalue weighted by Crippen LogP contribution is -2.31. The smallest absolute Gasteiger partial charge is 0.216 e. The predicted octanol–water partition coefficient (Wildman–Crippen LogP) is 8.81. The molecule has 7 rings (SSSR count). The number of aromatic nitrogens is 1. The van der Waals surface area contributed by atoms with Crippen LogP contribution >= 0.6 is 0 Å². The van der Waals surface area contributed by atoms with Crippen LogP contribution in [0.5, 0.6) is 0 Å². The van der Waals surface area contributed by atoms with Crippen molar-refractivity contribution in [1.29, 1.82) is 0 Å². The van der Waals surface area contributed by atoms with Crippen LogP contribution in [0.3, 0.4) is 0 Å². The normalized spacial score (nSPS) is 13.7. The molecular formula is C35H29FNO+. The molecule has 0 saturated heterocycles. The molecule has 0 unspecified atom stereocenters. The van der Waals surface area contributed by atoms with Crippen LogP contribution in [0.1, 0.15) is 36.1 Å². The third-order valence-electron chi connectivity index (χ3n) is 8.38. The molecule has 0 radical (unpaired) electrons. The Morgan fingerprint density at radius 3 is 2.24 bits per heavy atom. The first-order valence-electron chi connectivity index (χ1n) is 13.1. The number of nitrogens with zero attached hydrogens (tertiary/aromatic N) is 1. The van der Waals surface area contributed by atoms with Crippen molar-refractivity contribution in [3.63, 3.8) is 0 Å². The lowest BCUT2D eigenvalue weighted by atomic mass is 9.81. The van der Waals surface area contributed by atoms with Crippen LogP contribution in [0.15, 0.2) is 89.5 Å². The second-order valence-electron chi connectivity index (χ2n) is 11.2. The largest absolute Gasteiger partial charge is 0.454 e. The minimum absolute atomic E-state index is 0.162. The number of furan rings is 1. The minimum atomic E-state index is -0.274. The molecule has 1 aliphatic carbocycles. The Labute approximate surface area is 222 Å². The van der Waals surface area contributed by atoms with E-state index < -0.39 is 0 Å². The maximum atomic E-state index is 15.7. The van der Waals surface area contributed by atoms with E-state index in [2.05, 4.69) is 106 Å². The number of fused-ring (bicyclic) bond motifs is 6. The Morgan fingerprint density at radius 2 is 1.45 bits per heavy atom. The highest BCUT2D eigenvalue weighted by molar-refractivity contribution is 6.13. The first-order valence-corrected chi connectivity index (χ1v) is 13.1. The summed E-state index contributed by atoms with van der Waals surface area (Å²) in [5.41, 5.74) is 12.0. The van der Waals surface area contributed by atoms with E-state index in [-0.39, 0.29) is 11.2 Å². The van der Waals surface area contributed by atoms with Gasteiger partial charge in [0.2, 0.25) is 5.69 Å². The maximum Gasteiger partial charge on any atom is 0.216 e. The molecule has 2 heterocycles. The first kappa shape index (κ1) is 22.9. The molecule has 2 aromatic heterocycles. The lowest BCUT2D eigenvalue weighted by molar-refractivity contribution is -0.660. The number of aryl methyl sites for hydroxylation is 3. The molecule has 0 N–H and O–H groups in total. The molecule has 2 nitrogen and oxygen atoms in total. The van der Waals surface area contributed by atoms with Gasteiger partial charge in [-0.1, -0.05) is 62.4 Å². The van der Waals surface area contributed by atoms with Gasteiger partial charge < -0.3 is 4.42 Å². The number of rotatable bonds is 2. The second kappa shape index (κ2) is 7.88. The van der Waals surface area contributed by atoms with E-state index in [0.717, 1.165) is 38.7 Å². The molecule has 0 atom stereocenters. The van der Waals surface area contributed by atoms with E-state index >= 15 is 4.39 Å². The van der Waals surface area contributed by atoms with E-state index in [0.29, 0.717) is 11.1 Å². The van der Waals surface area contributed by atoms with Crippen molar-refractivity contribution in [2.45, 2.75) is 33.1 Å². The van der Waals surface area contributed by atoms with Crippen LogP contribution in [0.4, 0.5) is 4.39 Å². The SMILES string of the molecule is Cc1ccc(-c2c(C)ccc3c2oc2c(-c4ccc5c(c4)C(C)(C)c4ccccc4-5)c(F)ccc23)[n+](C)c1. The van der Waals surface area contributed by atoms with Gasteiger partial charge in [0, 0.05) is 27.8 Å². The van der Waals surface area contributed by atoms with Crippen LogP contribution in [-0.4, -0.2) is 0 Å². The van der Waals surface area contributed by atoms with Crippen LogP contribution < -0.4 is 4.57 Å². The van der Waals surface area contributed by atoms with Gasteiger partial charge in [-0.2, -0.15) is 0 Å². The molecule has 38 heavy (non-hydrogen) atoms. The Hall–Kier alpha value is -4.24. The third-order valence-corrected chi connectivity index (χ3v) is 8.38. The number of hydrogen-bond acceptors (Lipinski definition) is 1. The van der Waals surface area contributed by atoms with Crippen molar-refractivity contribution in [3.05, 3.63) is 113 Å². The zero-order valence-electron chi connectivity index (χ0n) is 22.3. The molecular weight excluding hydrogens is 469 g/mol. The van der Waals surface area contributed by atoms with Crippen molar-refractivity contribution >= 4 is 21.9 Å². The summed E-state index contributed by atoms with van der Waals surface area (Å²) in [6.07, 6.45) is 2.12. The molecule has 0 amide bonds. The average molecular weight is 499 g/mol. The fourth-order valence-electron chi connectivity index (χ4n) is 6.43. The summed E-state index contributed by atoms with van der Waals surface area (Å²) >= 11 is 0. The Balaban J connectivity index is 1.50. The van der Waals surface area contributed by atoms with Crippen LogP contribution in [0.2, 0.25) is 0 Å². The molecule has 6 aromatic rings. The van der Waals surface area contributed by atoms with Gasteiger partial charge in [0.1, 0.15) is 24.0 Å². The number of pyridine rings is 1. The molecule has 0 saturated carbocycles. The number of halogens is 1. The van der Waals surface area contributed by atoms with Gasteiger partial charge in [0.15, 0.2) is 6.20 Å². The lowest BCUT2D eigenvalue weighted by Gasteiger charge is -2.22. The number of benzene rings is 4. The monoisotopic (exact) mass is 498 g/mol. The van der Waals surface area contributed by atoms with E-state index in [1.165, 1.54) is 27.8 Å². The van der Waals surface area contributed by atoms with Crippen LogP contribution in [0, 0.1) is 19.7 Å². The van der Waals surface area contributed by atoms with Gasteiger partial charge in [-0.05, 0) is 71.5 Å². The molecule has 4 aromatic carbocycles. The van der Waals surface area contributed by atoms with Gasteiger partial charge in [-0.25, -0.2) is 8.96 Å². The third kappa shape index (κ3) is 3.08. The summed E-state index contributed by atoms with van der Waals surface area (Å²) in [5, 5.41) is 1.92. The fraction of sp³-hybridized carbons (Fsp3) is 0.171. The number of hydrogen-bond donors (Lipinski definition) is 0. The van der Waals surface area contributed by atoms with Crippen molar-refractivity contribution < 1.29 is 13.4 Å². The summed E-state index contributed by atoms with van der Waals surface area (Å²) in [4.78, 5) is 0. The van der Waals surface area contributed by atoms with E-state index in [1.54, 1.807) is 6.07 Å².